The molecular weight excluding hydrogens is 448 g/mol. The fourth-order valence-electron chi connectivity index (χ4n) is 6.64. The lowest BCUT2D eigenvalue weighted by Gasteiger charge is -2.44. The molecule has 2 N–H and O–H groups in total. The molecular formula is C32H60O4. The largest absolute Gasteiger partial charge is 0.481 e. The summed E-state index contributed by atoms with van der Waals surface area (Å²) in [6.45, 7) is 4.49. The Morgan fingerprint density at radius 2 is 1.06 bits per heavy atom. The minimum Gasteiger partial charge on any atom is -0.481 e. The third kappa shape index (κ3) is 13.0. The van der Waals surface area contributed by atoms with Gasteiger partial charge in [-0.05, 0) is 31.6 Å². The van der Waals surface area contributed by atoms with Crippen LogP contribution in [0.3, 0.4) is 0 Å². The smallest absolute Gasteiger partial charge is 0.309 e. The molecule has 4 heteroatoms. The lowest BCUT2D eigenvalue weighted by atomic mass is 9.58. The van der Waals surface area contributed by atoms with E-state index < -0.39 is 23.3 Å². The Morgan fingerprint density at radius 1 is 0.639 bits per heavy atom. The zero-order valence-electron chi connectivity index (χ0n) is 24.0. The summed E-state index contributed by atoms with van der Waals surface area (Å²) >= 11 is 0. The van der Waals surface area contributed by atoms with Gasteiger partial charge in [0.25, 0.3) is 0 Å². The molecule has 0 aliphatic heterocycles. The Balaban J connectivity index is 2.46. The highest BCUT2D eigenvalue weighted by molar-refractivity contribution is 5.78. The van der Waals surface area contributed by atoms with Crippen LogP contribution >= 0.6 is 0 Å². The molecule has 4 nitrogen and oxygen atoms in total. The maximum absolute atomic E-state index is 12.6. The Hall–Kier alpha value is -1.06. The molecule has 0 spiro atoms. The molecule has 0 radical (unpaired) electrons. The third-order valence-corrected chi connectivity index (χ3v) is 8.92. The van der Waals surface area contributed by atoms with Crippen molar-refractivity contribution in [1.82, 2.24) is 0 Å². The van der Waals surface area contributed by atoms with Crippen molar-refractivity contribution in [3.63, 3.8) is 0 Å². The molecule has 212 valence electrons. The van der Waals surface area contributed by atoms with E-state index in [1.165, 1.54) is 103 Å². The van der Waals surface area contributed by atoms with Crippen molar-refractivity contribution in [3.8, 4) is 0 Å². The van der Waals surface area contributed by atoms with Crippen molar-refractivity contribution >= 4 is 11.9 Å². The minimum absolute atomic E-state index is 0.214. The quantitative estimate of drug-likeness (QED) is 0.127. The van der Waals surface area contributed by atoms with E-state index in [0.717, 1.165) is 38.5 Å². The van der Waals surface area contributed by atoms with E-state index in [-0.39, 0.29) is 5.92 Å². The van der Waals surface area contributed by atoms with Crippen molar-refractivity contribution in [2.75, 3.05) is 0 Å². The Morgan fingerprint density at radius 3 is 1.47 bits per heavy atom. The number of hydrogen-bond donors (Lipinski definition) is 2. The van der Waals surface area contributed by atoms with Crippen LogP contribution in [0.5, 0.6) is 0 Å². The molecule has 1 rings (SSSR count). The van der Waals surface area contributed by atoms with Crippen molar-refractivity contribution in [1.29, 1.82) is 0 Å². The number of aliphatic carboxylic acids is 2. The zero-order valence-corrected chi connectivity index (χ0v) is 24.0. The number of hydrogen-bond acceptors (Lipinski definition) is 2. The standard InChI is InChI=1S/C32H60O4/c1-3-5-7-9-11-13-14-15-17-19-21-25-29-28(30(33)34)24-23-27-32(29,31(35)36)26-22-20-18-16-12-10-8-6-4-2/h28-29H,3-27H2,1-2H3,(H,33,34)(H,35,36). The molecule has 3 unspecified atom stereocenters. The second kappa shape index (κ2) is 20.9. The van der Waals surface area contributed by atoms with Crippen molar-refractivity contribution in [2.45, 2.75) is 174 Å². The van der Waals surface area contributed by atoms with Crippen LogP contribution in [0, 0.1) is 17.3 Å². The second-order valence-corrected chi connectivity index (χ2v) is 11.8. The molecule has 3 atom stereocenters. The molecule has 0 aromatic heterocycles. The van der Waals surface area contributed by atoms with Gasteiger partial charge in [0.2, 0.25) is 0 Å². The van der Waals surface area contributed by atoms with E-state index in [1.807, 2.05) is 0 Å². The summed E-state index contributed by atoms with van der Waals surface area (Å²) in [4.78, 5) is 24.7. The average molecular weight is 509 g/mol. The van der Waals surface area contributed by atoms with Crippen LogP contribution in [-0.2, 0) is 9.59 Å². The molecule has 0 aromatic carbocycles. The maximum Gasteiger partial charge on any atom is 0.309 e. The third-order valence-electron chi connectivity index (χ3n) is 8.92. The predicted octanol–water partition coefficient (Wildman–Crippen LogP) is 10.2. The van der Waals surface area contributed by atoms with E-state index in [2.05, 4.69) is 13.8 Å². The van der Waals surface area contributed by atoms with Gasteiger partial charge in [0.1, 0.15) is 0 Å². The lowest BCUT2D eigenvalue weighted by molar-refractivity contribution is -0.164. The van der Waals surface area contributed by atoms with Crippen LogP contribution in [0.2, 0.25) is 0 Å². The van der Waals surface area contributed by atoms with E-state index in [0.29, 0.717) is 19.3 Å². The molecule has 0 saturated heterocycles. The summed E-state index contributed by atoms with van der Waals surface area (Å²) in [5.41, 5.74) is -0.832. The molecule has 0 amide bonds. The minimum atomic E-state index is -0.832. The van der Waals surface area contributed by atoms with Gasteiger partial charge in [-0.3, -0.25) is 9.59 Å². The highest BCUT2D eigenvalue weighted by Gasteiger charge is 2.52. The Bertz CT molecular complexity index is 560. The van der Waals surface area contributed by atoms with Crippen LogP contribution in [0.25, 0.3) is 0 Å². The van der Waals surface area contributed by atoms with Crippen molar-refractivity contribution in [3.05, 3.63) is 0 Å². The highest BCUT2D eigenvalue weighted by atomic mass is 16.4. The monoisotopic (exact) mass is 508 g/mol. The lowest BCUT2D eigenvalue weighted by Crippen LogP contribution is -2.47. The summed E-state index contributed by atoms with van der Waals surface area (Å²) in [6, 6.07) is 0. The van der Waals surface area contributed by atoms with Crippen LogP contribution in [0.4, 0.5) is 0 Å². The summed E-state index contributed by atoms with van der Waals surface area (Å²) in [5, 5.41) is 20.3. The first-order valence-corrected chi connectivity index (χ1v) is 16.0. The van der Waals surface area contributed by atoms with Gasteiger partial charge in [0.05, 0.1) is 11.3 Å². The number of carboxylic acid groups (broad SMARTS) is 2. The normalized spacial score (nSPS) is 22.1. The molecule has 0 bridgehead atoms. The summed E-state index contributed by atoms with van der Waals surface area (Å²) in [6.07, 6.45) is 28.3. The van der Waals surface area contributed by atoms with Gasteiger partial charge in [0, 0.05) is 0 Å². The first-order valence-electron chi connectivity index (χ1n) is 16.0. The number of unbranched alkanes of at least 4 members (excludes halogenated alkanes) is 18. The van der Waals surface area contributed by atoms with Gasteiger partial charge in [0.15, 0.2) is 0 Å². The van der Waals surface area contributed by atoms with Crippen LogP contribution in [0.1, 0.15) is 174 Å². The summed E-state index contributed by atoms with van der Waals surface area (Å²) in [5.74, 6) is -2.22. The molecule has 1 aliphatic rings. The maximum atomic E-state index is 12.6. The van der Waals surface area contributed by atoms with Crippen LogP contribution in [0.15, 0.2) is 0 Å². The van der Waals surface area contributed by atoms with Crippen molar-refractivity contribution < 1.29 is 19.8 Å². The first-order chi connectivity index (χ1) is 17.5. The van der Waals surface area contributed by atoms with Crippen molar-refractivity contribution in [2.24, 2.45) is 17.3 Å². The average Bonchev–Trinajstić information content (AvgIpc) is 2.86. The number of carboxylic acids is 2. The predicted molar refractivity (Wildman–Crippen MR) is 151 cm³/mol. The summed E-state index contributed by atoms with van der Waals surface area (Å²) in [7, 11) is 0. The molecule has 0 heterocycles. The van der Waals surface area contributed by atoms with Crippen LogP contribution in [-0.4, -0.2) is 22.2 Å². The molecule has 1 saturated carbocycles. The van der Waals surface area contributed by atoms with Crippen LogP contribution < -0.4 is 0 Å². The first kappa shape index (κ1) is 33.0. The number of carbonyl (C=O) groups is 2. The second-order valence-electron chi connectivity index (χ2n) is 11.8. The Kier molecular flexibility index (Phi) is 19.2. The van der Waals surface area contributed by atoms with Gasteiger partial charge in [-0.2, -0.15) is 0 Å². The van der Waals surface area contributed by atoms with Gasteiger partial charge < -0.3 is 10.2 Å². The fourth-order valence-corrected chi connectivity index (χ4v) is 6.64. The van der Waals surface area contributed by atoms with E-state index >= 15 is 0 Å². The van der Waals surface area contributed by atoms with E-state index in [4.69, 9.17) is 0 Å². The topological polar surface area (TPSA) is 74.6 Å². The number of rotatable bonds is 24. The zero-order chi connectivity index (χ0) is 26.5. The molecule has 1 fully saturated rings. The fraction of sp³-hybridized carbons (Fsp3) is 0.938. The molecule has 0 aromatic rings. The van der Waals surface area contributed by atoms with E-state index in [1.54, 1.807) is 0 Å². The van der Waals surface area contributed by atoms with Gasteiger partial charge in [-0.25, -0.2) is 0 Å². The summed E-state index contributed by atoms with van der Waals surface area (Å²) < 4.78 is 0. The van der Waals surface area contributed by atoms with Gasteiger partial charge >= 0.3 is 11.9 Å². The molecule has 36 heavy (non-hydrogen) atoms. The SMILES string of the molecule is CCCCCCCCCCCCCC1C(C(=O)O)CCCC1(CCCCCCCCCCC)C(=O)O. The molecule has 1 aliphatic carbocycles. The van der Waals surface area contributed by atoms with Gasteiger partial charge in [-0.1, -0.05) is 149 Å². The highest BCUT2D eigenvalue weighted by Crippen LogP contribution is 2.50. The van der Waals surface area contributed by atoms with Gasteiger partial charge in [-0.15, -0.1) is 0 Å². The Labute approximate surface area is 223 Å². The van der Waals surface area contributed by atoms with E-state index in [9.17, 15) is 19.8 Å².